The van der Waals surface area contributed by atoms with Crippen molar-refractivity contribution >= 4 is 33.2 Å². The molecule has 0 unspecified atom stereocenters. The van der Waals surface area contributed by atoms with Crippen LogP contribution in [0.2, 0.25) is 0 Å². The van der Waals surface area contributed by atoms with Crippen molar-refractivity contribution in [2.24, 2.45) is 0 Å². The topological polar surface area (TPSA) is 82.1 Å². The molecule has 2 aromatic heterocycles. The molecule has 0 amide bonds. The van der Waals surface area contributed by atoms with Crippen LogP contribution in [0.1, 0.15) is 0 Å². The van der Waals surface area contributed by atoms with E-state index in [0.717, 1.165) is 0 Å². The highest BCUT2D eigenvalue weighted by Gasteiger charge is 2.13. The molecule has 24 heavy (non-hydrogen) atoms. The Bertz CT molecular complexity index is 1160. The van der Waals surface area contributed by atoms with Gasteiger partial charge in [0.2, 0.25) is 0 Å². The second kappa shape index (κ2) is 5.85. The summed E-state index contributed by atoms with van der Waals surface area (Å²) in [5.74, 6) is 0. The number of nitrogens with zero attached hydrogens (tertiary/aromatic N) is 6. The molecule has 3 rings (SSSR count). The lowest BCUT2D eigenvalue weighted by atomic mass is 10.0. The largest absolute Gasteiger partial charge is 0.269 e. The molecular formula is C18H6N6. The average Bonchev–Trinajstić information content (AvgIpc) is 2.65. The lowest BCUT2D eigenvalue weighted by molar-refractivity contribution is 1.36. The Labute approximate surface area is 136 Å². The van der Waals surface area contributed by atoms with Gasteiger partial charge in [0.15, 0.2) is 0 Å². The van der Waals surface area contributed by atoms with Crippen LogP contribution < -0.4 is 10.4 Å². The van der Waals surface area contributed by atoms with E-state index in [-0.39, 0.29) is 21.8 Å². The van der Waals surface area contributed by atoms with Crippen LogP contribution in [0.4, 0.5) is 0 Å². The van der Waals surface area contributed by atoms with Gasteiger partial charge in [0.25, 0.3) is 11.4 Å². The molecule has 0 atom stereocenters. The Kier molecular flexibility index (Phi) is 3.58. The highest BCUT2D eigenvalue weighted by atomic mass is 14.7. The monoisotopic (exact) mass is 306 g/mol. The van der Waals surface area contributed by atoms with Crippen molar-refractivity contribution in [3.63, 3.8) is 0 Å². The smallest absolute Gasteiger partial charge is 0.254 e. The molecule has 0 aliphatic rings. The summed E-state index contributed by atoms with van der Waals surface area (Å²) in [6.07, 6.45) is 3.18. The van der Waals surface area contributed by atoms with Crippen molar-refractivity contribution in [2.75, 3.05) is 0 Å². The van der Waals surface area contributed by atoms with E-state index >= 15 is 0 Å². The maximum absolute atomic E-state index is 9.36. The maximum Gasteiger partial charge on any atom is 0.269 e. The van der Waals surface area contributed by atoms with Gasteiger partial charge in [-0.3, -0.25) is 9.97 Å². The molecule has 0 radical (unpaired) electrons. The lowest BCUT2D eigenvalue weighted by Gasteiger charge is -2.06. The molecule has 0 aliphatic carbocycles. The fourth-order valence-corrected chi connectivity index (χ4v) is 2.63. The van der Waals surface area contributed by atoms with Crippen LogP contribution in [0, 0.1) is 35.8 Å². The minimum Gasteiger partial charge on any atom is -0.254 e. The van der Waals surface area contributed by atoms with E-state index in [9.17, 15) is 10.5 Å². The predicted octanol–water partition coefficient (Wildman–Crippen LogP) is 1.89. The standard InChI is InChI=1S/C18H6N6/c1-21-13(9-19)15-11-5-3-7-23-17(11)18-12(6-4-8-24-18)16(15)14(10-20)22-2/h3-8H/b15-13-,16-14+. The molecule has 0 saturated heterocycles. The maximum atomic E-state index is 9.36. The second-order valence-corrected chi connectivity index (χ2v) is 4.69. The minimum atomic E-state index is -0.190. The van der Waals surface area contributed by atoms with Crippen LogP contribution >= 0.6 is 0 Å². The Balaban J connectivity index is 2.99. The van der Waals surface area contributed by atoms with E-state index in [4.69, 9.17) is 13.1 Å². The third-order valence-corrected chi connectivity index (χ3v) is 3.54. The molecule has 0 N–H and O–H groups in total. The highest BCUT2D eigenvalue weighted by molar-refractivity contribution is 6.05. The van der Waals surface area contributed by atoms with E-state index in [1.54, 1.807) is 36.7 Å². The number of fused-ring (bicyclic) bond motifs is 3. The first-order valence-corrected chi connectivity index (χ1v) is 6.72. The fraction of sp³-hybridized carbons (Fsp3) is 0. The van der Waals surface area contributed by atoms with Gasteiger partial charge >= 0.3 is 0 Å². The lowest BCUT2D eigenvalue weighted by Crippen LogP contribution is -2.30. The molecule has 0 aliphatic heterocycles. The molecule has 6 nitrogen and oxygen atoms in total. The van der Waals surface area contributed by atoms with E-state index in [1.807, 2.05) is 12.1 Å². The third kappa shape index (κ3) is 2.01. The van der Waals surface area contributed by atoms with E-state index in [0.29, 0.717) is 21.8 Å². The Morgan fingerprint density at radius 1 is 0.833 bits per heavy atom. The van der Waals surface area contributed by atoms with Gasteiger partial charge in [0.05, 0.1) is 36.3 Å². The van der Waals surface area contributed by atoms with Crippen LogP contribution in [0.3, 0.4) is 0 Å². The first kappa shape index (κ1) is 14.7. The summed E-state index contributed by atoms with van der Waals surface area (Å²) in [6.45, 7) is 14.6. The van der Waals surface area contributed by atoms with Gasteiger partial charge in [-0.1, -0.05) is 12.1 Å². The molecule has 3 aromatic rings. The number of rotatable bonds is 0. The number of nitriles is 2. The summed E-state index contributed by atoms with van der Waals surface area (Å²) >= 11 is 0. The first-order valence-electron chi connectivity index (χ1n) is 6.72. The predicted molar refractivity (Wildman–Crippen MR) is 87.5 cm³/mol. The van der Waals surface area contributed by atoms with Gasteiger partial charge < -0.3 is 0 Å². The zero-order valence-electron chi connectivity index (χ0n) is 12.1. The van der Waals surface area contributed by atoms with Gasteiger partial charge in [0, 0.05) is 12.4 Å². The van der Waals surface area contributed by atoms with Crippen molar-refractivity contribution < 1.29 is 0 Å². The quantitative estimate of drug-likeness (QED) is 0.469. The molecule has 0 fully saturated rings. The normalized spacial score (nSPS) is 12.5. The Morgan fingerprint density at radius 2 is 1.25 bits per heavy atom. The summed E-state index contributed by atoms with van der Waals surface area (Å²) in [5, 5.41) is 20.3. The average molecular weight is 306 g/mol. The van der Waals surface area contributed by atoms with Crippen molar-refractivity contribution in [2.45, 2.75) is 0 Å². The minimum absolute atomic E-state index is 0.190. The summed E-state index contributed by atoms with van der Waals surface area (Å²) in [6, 6.07) is 10.5. The van der Waals surface area contributed by atoms with E-state index < -0.39 is 0 Å². The van der Waals surface area contributed by atoms with Crippen LogP contribution in [-0.4, -0.2) is 9.97 Å². The molecule has 0 saturated carbocycles. The Morgan fingerprint density at radius 3 is 1.58 bits per heavy atom. The Hall–Kier alpha value is -4.26. The zero-order chi connectivity index (χ0) is 17.1. The number of hydrogen-bond acceptors (Lipinski definition) is 4. The molecule has 108 valence electrons. The molecule has 0 bridgehead atoms. The van der Waals surface area contributed by atoms with Crippen LogP contribution in [0.15, 0.2) is 36.7 Å². The number of pyridine rings is 2. The summed E-state index contributed by atoms with van der Waals surface area (Å²) in [5.41, 5.74) is 0.659. The van der Waals surface area contributed by atoms with Gasteiger partial charge in [-0.15, -0.1) is 0 Å². The SMILES string of the molecule is [C-]#[N+]/C(C#N)=c1\c(=C(/C#N)[N+]#[C-])c2cccnc2c2ncccc12. The van der Waals surface area contributed by atoms with E-state index in [2.05, 4.69) is 19.7 Å². The molecule has 1 aromatic carbocycles. The third-order valence-electron chi connectivity index (χ3n) is 3.54. The number of aromatic nitrogens is 2. The van der Waals surface area contributed by atoms with Crippen LogP contribution in [0.5, 0.6) is 0 Å². The van der Waals surface area contributed by atoms with Crippen molar-refractivity contribution in [1.29, 1.82) is 10.5 Å². The first-order chi connectivity index (χ1) is 11.8. The van der Waals surface area contributed by atoms with E-state index in [1.165, 1.54) is 0 Å². The molecule has 6 heteroatoms. The summed E-state index contributed by atoms with van der Waals surface area (Å²) in [4.78, 5) is 15.2. The zero-order valence-corrected chi connectivity index (χ0v) is 12.1. The molecular weight excluding hydrogens is 300 g/mol. The van der Waals surface area contributed by atoms with Crippen molar-refractivity contribution in [3.05, 3.63) is 69.9 Å². The van der Waals surface area contributed by atoms with Crippen LogP contribution in [-0.2, 0) is 0 Å². The van der Waals surface area contributed by atoms with Crippen LogP contribution in [0.25, 0.3) is 42.9 Å². The van der Waals surface area contributed by atoms with Gasteiger partial charge in [-0.25, -0.2) is 20.2 Å². The number of benzene rings is 1. The second-order valence-electron chi connectivity index (χ2n) is 4.69. The van der Waals surface area contributed by atoms with Crippen molar-refractivity contribution in [3.8, 4) is 12.1 Å². The highest BCUT2D eigenvalue weighted by Crippen LogP contribution is 2.17. The van der Waals surface area contributed by atoms with Gasteiger partial charge in [0.1, 0.15) is 0 Å². The molecule has 0 spiro atoms. The number of hydrogen-bond donors (Lipinski definition) is 0. The van der Waals surface area contributed by atoms with Gasteiger partial charge in [-0.05, 0) is 33.3 Å². The summed E-state index contributed by atoms with van der Waals surface area (Å²) < 4.78 is 0. The fourth-order valence-electron chi connectivity index (χ4n) is 2.63. The van der Waals surface area contributed by atoms with Crippen molar-refractivity contribution in [1.82, 2.24) is 9.97 Å². The van der Waals surface area contributed by atoms with Gasteiger partial charge in [-0.2, -0.15) is 0 Å². The molecule has 2 heterocycles. The summed E-state index contributed by atoms with van der Waals surface area (Å²) in [7, 11) is 0.